The summed E-state index contributed by atoms with van der Waals surface area (Å²) in [6.07, 6.45) is 58.1. The average Bonchev–Trinajstić information content (AvgIpc) is 3.38. The molecule has 17 nitrogen and oxygen atoms in total. The maximum absolute atomic E-state index is 13.1. The molecule has 0 rings (SSSR count). The van der Waals surface area contributed by atoms with E-state index in [1.165, 1.54) is 225 Å². The summed E-state index contributed by atoms with van der Waals surface area (Å²) in [6, 6.07) is 0. The van der Waals surface area contributed by atoms with E-state index in [4.69, 9.17) is 37.0 Å². The highest BCUT2D eigenvalue weighted by atomic mass is 31.2. The summed E-state index contributed by atoms with van der Waals surface area (Å²) in [5.74, 6) is -2.11. The third-order valence-corrected chi connectivity index (χ3v) is 19.3. The smallest absolute Gasteiger partial charge is 0.462 e. The largest absolute Gasteiger partial charge is 0.472 e. The monoisotopic (exact) mass is 1370 g/mol. The van der Waals surface area contributed by atoms with Crippen LogP contribution in [0.3, 0.4) is 0 Å². The Morgan fingerprint density at radius 3 is 0.634 bits per heavy atom. The lowest BCUT2D eigenvalue weighted by molar-refractivity contribution is -0.161. The highest BCUT2D eigenvalue weighted by Crippen LogP contribution is 2.45. The van der Waals surface area contributed by atoms with E-state index in [1.54, 1.807) is 0 Å². The number of unbranched alkanes of at least 4 members (excludes halogenated alkanes) is 49. The van der Waals surface area contributed by atoms with Crippen molar-refractivity contribution in [3.05, 3.63) is 0 Å². The second-order valence-electron chi connectivity index (χ2n) is 26.7. The van der Waals surface area contributed by atoms with Crippen molar-refractivity contribution < 1.29 is 80.2 Å². The van der Waals surface area contributed by atoms with Crippen LogP contribution in [0.5, 0.6) is 0 Å². The van der Waals surface area contributed by atoms with Crippen molar-refractivity contribution in [3.8, 4) is 0 Å². The van der Waals surface area contributed by atoms with Gasteiger partial charge in [0.05, 0.1) is 26.4 Å². The zero-order valence-corrected chi connectivity index (χ0v) is 62.0. The minimum atomic E-state index is -4.95. The summed E-state index contributed by atoms with van der Waals surface area (Å²) in [5, 5.41) is 10.6. The minimum Gasteiger partial charge on any atom is -0.462 e. The van der Waals surface area contributed by atoms with Crippen molar-refractivity contribution in [1.29, 1.82) is 0 Å². The van der Waals surface area contributed by atoms with Crippen LogP contribution in [0.2, 0.25) is 0 Å². The first-order valence-electron chi connectivity index (χ1n) is 38.8. The van der Waals surface area contributed by atoms with Crippen molar-refractivity contribution in [2.24, 2.45) is 0 Å². The molecule has 552 valence electrons. The van der Waals surface area contributed by atoms with E-state index in [-0.39, 0.29) is 25.7 Å². The van der Waals surface area contributed by atoms with Gasteiger partial charge in [-0.05, 0) is 25.7 Å². The van der Waals surface area contributed by atoms with Gasteiger partial charge in [0, 0.05) is 25.7 Å². The number of carbonyl (C=O) groups is 4. The number of phosphoric ester groups is 2. The molecule has 0 fully saturated rings. The molecule has 93 heavy (non-hydrogen) atoms. The van der Waals surface area contributed by atoms with Crippen molar-refractivity contribution in [2.45, 2.75) is 412 Å². The standard InChI is InChI=1S/C74H144O17P2/c1-5-9-13-17-21-25-28-31-33-35-38-41-45-49-53-57-61-74(79)91-70(65-85-72(77)59-55-51-47-43-39-37-34-32-29-26-22-18-14-10-6-2)67-89-93(82,83)87-63-68(75)62-86-92(80,81)88-66-69(64-84-71(76)58-54-50-46-42-24-20-16-12-8-4)90-73(78)60-56-52-48-44-40-36-30-27-23-19-15-11-7-3/h68-70,75H,5-67H2,1-4H3,(H,80,81)(H,82,83)/t68-,69+,70+/m0/s1. The van der Waals surface area contributed by atoms with Crippen LogP contribution in [0.25, 0.3) is 0 Å². The highest BCUT2D eigenvalue weighted by molar-refractivity contribution is 7.47. The van der Waals surface area contributed by atoms with Crippen molar-refractivity contribution in [2.75, 3.05) is 39.6 Å². The normalized spacial score (nSPS) is 13.9. The molecule has 5 atom stereocenters. The topological polar surface area (TPSA) is 237 Å². The quantitative estimate of drug-likeness (QED) is 0.0222. The van der Waals surface area contributed by atoms with Gasteiger partial charge in [-0.1, -0.05) is 342 Å². The molecule has 2 unspecified atom stereocenters. The summed E-state index contributed by atoms with van der Waals surface area (Å²) in [4.78, 5) is 72.7. The van der Waals surface area contributed by atoms with E-state index in [9.17, 15) is 43.2 Å². The van der Waals surface area contributed by atoms with Gasteiger partial charge >= 0.3 is 39.5 Å². The summed E-state index contributed by atoms with van der Waals surface area (Å²) >= 11 is 0. The molecule has 0 amide bonds. The molecule has 0 heterocycles. The van der Waals surface area contributed by atoms with Crippen LogP contribution in [0.1, 0.15) is 394 Å². The predicted octanol–water partition coefficient (Wildman–Crippen LogP) is 21.8. The molecule has 0 spiro atoms. The molecule has 19 heteroatoms. The van der Waals surface area contributed by atoms with E-state index in [0.29, 0.717) is 25.7 Å². The molecule has 0 aliphatic carbocycles. The van der Waals surface area contributed by atoms with Gasteiger partial charge in [0.15, 0.2) is 12.2 Å². The van der Waals surface area contributed by atoms with E-state index in [1.807, 2.05) is 0 Å². The SMILES string of the molecule is CCCCCCCCCCCCCCCCCCC(=O)O[C@H](COC(=O)CCCCCCCCCCCCCCCCC)COP(=O)(O)OC[C@@H](O)COP(=O)(O)OC[C@@H](COC(=O)CCCCCCCCCCC)OC(=O)CCCCCCCCCCCCCCC. The summed E-state index contributed by atoms with van der Waals surface area (Å²) in [5.41, 5.74) is 0. The lowest BCUT2D eigenvalue weighted by atomic mass is 10.0. The van der Waals surface area contributed by atoms with Crippen LogP contribution < -0.4 is 0 Å². The van der Waals surface area contributed by atoms with Gasteiger partial charge in [-0.15, -0.1) is 0 Å². The van der Waals surface area contributed by atoms with Gasteiger partial charge in [-0.25, -0.2) is 9.13 Å². The second kappa shape index (κ2) is 68.6. The molecule has 0 aromatic heterocycles. The number of phosphoric acid groups is 2. The van der Waals surface area contributed by atoms with Crippen LogP contribution in [0, 0.1) is 0 Å². The van der Waals surface area contributed by atoms with E-state index in [0.717, 1.165) is 89.9 Å². The Morgan fingerprint density at radius 2 is 0.430 bits per heavy atom. The van der Waals surface area contributed by atoms with Crippen LogP contribution >= 0.6 is 15.6 Å². The van der Waals surface area contributed by atoms with Crippen LogP contribution in [0.15, 0.2) is 0 Å². The molecule has 0 radical (unpaired) electrons. The zero-order chi connectivity index (χ0) is 68.2. The third-order valence-electron chi connectivity index (χ3n) is 17.4. The molecule has 0 saturated heterocycles. The Morgan fingerprint density at radius 1 is 0.258 bits per heavy atom. The predicted molar refractivity (Wildman–Crippen MR) is 377 cm³/mol. The van der Waals surface area contributed by atoms with Crippen LogP contribution in [0.4, 0.5) is 0 Å². The number of rotatable bonds is 75. The lowest BCUT2D eigenvalue weighted by Gasteiger charge is -2.21. The maximum atomic E-state index is 13.1. The van der Waals surface area contributed by atoms with E-state index >= 15 is 0 Å². The second-order valence-corrected chi connectivity index (χ2v) is 29.6. The summed E-state index contributed by atoms with van der Waals surface area (Å²) in [7, 11) is -9.90. The highest BCUT2D eigenvalue weighted by Gasteiger charge is 2.30. The van der Waals surface area contributed by atoms with Crippen LogP contribution in [-0.4, -0.2) is 96.7 Å². The first-order chi connectivity index (χ1) is 45.2. The summed E-state index contributed by atoms with van der Waals surface area (Å²) < 4.78 is 68.4. The first-order valence-corrected chi connectivity index (χ1v) is 41.8. The average molecular weight is 1370 g/mol. The molecule has 0 saturated carbocycles. The number of ether oxygens (including phenoxy) is 4. The molecule has 0 aromatic carbocycles. The van der Waals surface area contributed by atoms with Crippen molar-refractivity contribution in [3.63, 3.8) is 0 Å². The third kappa shape index (κ3) is 68.4. The lowest BCUT2D eigenvalue weighted by Crippen LogP contribution is -2.30. The Balaban J connectivity index is 5.23. The summed E-state index contributed by atoms with van der Waals surface area (Å²) in [6.45, 7) is 4.97. The number of aliphatic hydroxyl groups is 1. The Labute approximate surface area is 568 Å². The van der Waals surface area contributed by atoms with Gasteiger partial charge in [0.25, 0.3) is 0 Å². The van der Waals surface area contributed by atoms with Gasteiger partial charge in [-0.2, -0.15) is 0 Å². The first kappa shape index (κ1) is 91.1. The number of aliphatic hydroxyl groups excluding tert-OH is 1. The fourth-order valence-electron chi connectivity index (χ4n) is 11.4. The molecule has 0 aliphatic rings. The molecule has 0 aromatic rings. The molecular weight excluding hydrogens is 1220 g/mol. The van der Waals surface area contributed by atoms with Gasteiger partial charge in [0.1, 0.15) is 19.3 Å². The molecule has 0 bridgehead atoms. The molecular formula is C74H144O17P2. The number of esters is 4. The zero-order valence-electron chi connectivity index (χ0n) is 60.2. The maximum Gasteiger partial charge on any atom is 0.472 e. The van der Waals surface area contributed by atoms with Crippen molar-refractivity contribution >= 4 is 39.5 Å². The molecule has 0 aliphatic heterocycles. The Hall–Kier alpha value is -1.94. The molecule has 3 N–H and O–H groups in total. The fraction of sp³-hybridized carbons (Fsp3) is 0.946. The number of hydrogen-bond acceptors (Lipinski definition) is 15. The van der Waals surface area contributed by atoms with Gasteiger partial charge in [0.2, 0.25) is 0 Å². The van der Waals surface area contributed by atoms with E-state index in [2.05, 4.69) is 27.7 Å². The van der Waals surface area contributed by atoms with Crippen molar-refractivity contribution in [1.82, 2.24) is 0 Å². The van der Waals surface area contributed by atoms with Gasteiger partial charge < -0.3 is 33.8 Å². The van der Waals surface area contributed by atoms with Crippen LogP contribution in [-0.2, 0) is 65.4 Å². The Bertz CT molecular complexity index is 1770. The minimum absolute atomic E-state index is 0.108. The number of hydrogen-bond donors (Lipinski definition) is 3. The van der Waals surface area contributed by atoms with E-state index < -0.39 is 97.5 Å². The number of carbonyl (C=O) groups excluding carboxylic acids is 4. The Kier molecular flexibility index (Phi) is 67.1. The van der Waals surface area contributed by atoms with Gasteiger partial charge in [-0.3, -0.25) is 37.3 Å². The fourth-order valence-corrected chi connectivity index (χ4v) is 13.0.